The number of likely N-dealkylation sites (tertiary alicyclic amines) is 1. The molecule has 0 spiro atoms. The van der Waals surface area contributed by atoms with Crippen molar-refractivity contribution in [3.05, 3.63) is 58.1 Å². The van der Waals surface area contributed by atoms with Crippen molar-refractivity contribution in [3.8, 4) is 0 Å². The summed E-state index contributed by atoms with van der Waals surface area (Å²) in [4.78, 5) is 16.1. The number of anilines is 1. The van der Waals surface area contributed by atoms with E-state index in [4.69, 9.17) is 23.2 Å². The van der Waals surface area contributed by atoms with Crippen LogP contribution in [0.1, 0.15) is 18.4 Å². The Labute approximate surface area is 169 Å². The van der Waals surface area contributed by atoms with Crippen molar-refractivity contribution < 1.29 is 4.79 Å². The molecule has 2 aromatic rings. The number of benzene rings is 2. The fourth-order valence-corrected chi connectivity index (χ4v) is 4.37. The zero-order chi connectivity index (χ0) is 18.5. The van der Waals surface area contributed by atoms with E-state index in [1.165, 1.54) is 0 Å². The van der Waals surface area contributed by atoms with Gasteiger partial charge < -0.3 is 5.32 Å². The van der Waals surface area contributed by atoms with E-state index >= 15 is 0 Å². The maximum atomic E-state index is 12.8. The third-order valence-corrected chi connectivity index (χ3v) is 6.19. The average molecular weight is 409 g/mol. The lowest BCUT2D eigenvalue weighted by atomic mass is 9.96. The molecular formula is C20H22Cl2N2OS. The van der Waals surface area contributed by atoms with Crippen LogP contribution in [0.25, 0.3) is 0 Å². The lowest BCUT2D eigenvalue weighted by Gasteiger charge is -2.32. The summed E-state index contributed by atoms with van der Waals surface area (Å²) in [7, 11) is 0. The Balaban J connectivity index is 1.65. The first-order valence-corrected chi connectivity index (χ1v) is 10.7. The van der Waals surface area contributed by atoms with Crippen LogP contribution in [0, 0.1) is 5.92 Å². The highest BCUT2D eigenvalue weighted by Crippen LogP contribution is 2.29. The monoisotopic (exact) mass is 408 g/mol. The van der Waals surface area contributed by atoms with Gasteiger partial charge >= 0.3 is 0 Å². The van der Waals surface area contributed by atoms with Crippen molar-refractivity contribution in [2.24, 2.45) is 5.92 Å². The molecule has 26 heavy (non-hydrogen) atoms. The van der Waals surface area contributed by atoms with Gasteiger partial charge in [-0.3, -0.25) is 9.69 Å². The summed E-state index contributed by atoms with van der Waals surface area (Å²) in [6, 6.07) is 13.5. The van der Waals surface area contributed by atoms with E-state index < -0.39 is 0 Å². The summed E-state index contributed by atoms with van der Waals surface area (Å²) in [6.45, 7) is 2.34. The summed E-state index contributed by atoms with van der Waals surface area (Å²) in [5, 5.41) is 4.46. The van der Waals surface area contributed by atoms with Crippen LogP contribution in [-0.2, 0) is 11.3 Å². The first kappa shape index (κ1) is 19.6. The maximum absolute atomic E-state index is 12.8. The van der Waals surface area contributed by atoms with E-state index in [2.05, 4.69) is 10.2 Å². The van der Waals surface area contributed by atoms with Gasteiger partial charge in [0, 0.05) is 33.6 Å². The van der Waals surface area contributed by atoms with Crippen molar-refractivity contribution in [3.63, 3.8) is 0 Å². The Kier molecular flexibility index (Phi) is 6.87. The van der Waals surface area contributed by atoms with Crippen molar-refractivity contribution in [2.45, 2.75) is 24.3 Å². The number of hydrogen-bond donors (Lipinski definition) is 1. The van der Waals surface area contributed by atoms with Crippen LogP contribution >= 0.6 is 35.0 Å². The highest BCUT2D eigenvalue weighted by molar-refractivity contribution is 7.98. The first-order chi connectivity index (χ1) is 12.6. The molecule has 0 radical (unpaired) electrons. The number of para-hydroxylation sites is 1. The molecule has 3 rings (SSSR count). The highest BCUT2D eigenvalue weighted by Gasteiger charge is 2.27. The summed E-state index contributed by atoms with van der Waals surface area (Å²) in [5.41, 5.74) is 1.82. The van der Waals surface area contributed by atoms with Gasteiger partial charge in [0.25, 0.3) is 0 Å². The molecule has 1 aliphatic rings. The second kappa shape index (κ2) is 9.14. The predicted octanol–water partition coefficient (Wildman–Crippen LogP) is 5.57. The number of carbonyl (C=O) groups is 1. The van der Waals surface area contributed by atoms with Gasteiger partial charge in [-0.15, -0.1) is 11.8 Å². The van der Waals surface area contributed by atoms with E-state index in [1.54, 1.807) is 11.8 Å². The third kappa shape index (κ3) is 4.74. The average Bonchev–Trinajstić information content (AvgIpc) is 2.65. The van der Waals surface area contributed by atoms with Crippen molar-refractivity contribution in [2.75, 3.05) is 24.7 Å². The molecular weight excluding hydrogens is 387 g/mol. The standard InChI is InChI=1S/C20H22Cl2N2OS/c1-26-19-10-3-2-9-18(19)23-20(25)14-6-5-11-24(12-14)13-15-16(21)7-4-8-17(15)22/h2-4,7-10,14H,5-6,11-13H2,1H3,(H,23,25). The lowest BCUT2D eigenvalue weighted by Crippen LogP contribution is -2.40. The molecule has 1 amide bonds. The topological polar surface area (TPSA) is 32.3 Å². The molecule has 1 atom stereocenters. The number of halogens is 2. The van der Waals surface area contributed by atoms with Gasteiger partial charge in [0.2, 0.25) is 5.91 Å². The molecule has 0 aromatic heterocycles. The molecule has 1 saturated heterocycles. The molecule has 0 saturated carbocycles. The largest absolute Gasteiger partial charge is 0.325 e. The number of amides is 1. The number of hydrogen-bond acceptors (Lipinski definition) is 3. The minimum absolute atomic E-state index is 0.0278. The molecule has 6 heteroatoms. The molecule has 0 aliphatic carbocycles. The summed E-state index contributed by atoms with van der Waals surface area (Å²) in [5.74, 6) is 0.0568. The summed E-state index contributed by atoms with van der Waals surface area (Å²) in [6.07, 6.45) is 3.91. The van der Waals surface area contributed by atoms with E-state index in [-0.39, 0.29) is 11.8 Å². The Bertz CT molecular complexity index is 764. The van der Waals surface area contributed by atoms with Crippen LogP contribution in [0.2, 0.25) is 10.0 Å². The number of piperidine rings is 1. The lowest BCUT2D eigenvalue weighted by molar-refractivity contribution is -0.121. The number of carbonyl (C=O) groups excluding carboxylic acids is 1. The van der Waals surface area contributed by atoms with Crippen molar-refractivity contribution in [1.82, 2.24) is 4.90 Å². The second-order valence-corrected chi connectivity index (χ2v) is 8.13. The Morgan fingerprint density at radius 1 is 1.19 bits per heavy atom. The van der Waals surface area contributed by atoms with Crippen LogP contribution in [0.5, 0.6) is 0 Å². The predicted molar refractivity (Wildman–Crippen MR) is 111 cm³/mol. The normalized spacial score (nSPS) is 17.9. The molecule has 2 aromatic carbocycles. The smallest absolute Gasteiger partial charge is 0.228 e. The molecule has 1 unspecified atom stereocenters. The van der Waals surface area contributed by atoms with E-state index in [0.717, 1.165) is 42.1 Å². The number of nitrogens with one attached hydrogen (secondary N) is 1. The molecule has 1 fully saturated rings. The van der Waals surface area contributed by atoms with Gasteiger partial charge in [0.05, 0.1) is 11.6 Å². The third-order valence-electron chi connectivity index (χ3n) is 4.68. The molecule has 0 bridgehead atoms. The van der Waals surface area contributed by atoms with E-state index in [0.29, 0.717) is 16.6 Å². The Hall–Kier alpha value is -1.20. The first-order valence-electron chi connectivity index (χ1n) is 8.67. The number of rotatable bonds is 5. The van der Waals surface area contributed by atoms with Gasteiger partial charge in [-0.1, -0.05) is 41.4 Å². The van der Waals surface area contributed by atoms with Gasteiger partial charge in [-0.25, -0.2) is 0 Å². The van der Waals surface area contributed by atoms with Crippen molar-refractivity contribution in [1.29, 1.82) is 0 Å². The minimum Gasteiger partial charge on any atom is -0.325 e. The second-order valence-electron chi connectivity index (χ2n) is 6.46. The molecule has 1 heterocycles. The number of thioether (sulfide) groups is 1. The zero-order valence-electron chi connectivity index (χ0n) is 14.7. The molecule has 1 aliphatic heterocycles. The molecule has 3 nitrogen and oxygen atoms in total. The Morgan fingerprint density at radius 3 is 2.65 bits per heavy atom. The fraction of sp³-hybridized carbons (Fsp3) is 0.350. The van der Waals surface area contributed by atoms with Crippen LogP contribution in [0.4, 0.5) is 5.69 Å². The van der Waals surface area contributed by atoms with Crippen molar-refractivity contribution >= 4 is 46.6 Å². The SMILES string of the molecule is CSc1ccccc1NC(=O)C1CCCN(Cc2c(Cl)cccc2Cl)C1. The molecule has 1 N–H and O–H groups in total. The van der Waals surface area contributed by atoms with Crippen LogP contribution in [0.15, 0.2) is 47.4 Å². The van der Waals surface area contributed by atoms with Gasteiger partial charge in [0.1, 0.15) is 0 Å². The quantitative estimate of drug-likeness (QED) is 0.656. The number of nitrogens with zero attached hydrogens (tertiary/aromatic N) is 1. The maximum Gasteiger partial charge on any atom is 0.228 e. The van der Waals surface area contributed by atoms with Gasteiger partial charge in [0.15, 0.2) is 0 Å². The fourth-order valence-electron chi connectivity index (χ4n) is 3.30. The van der Waals surface area contributed by atoms with Crippen LogP contribution < -0.4 is 5.32 Å². The van der Waals surface area contributed by atoms with Crippen LogP contribution in [0.3, 0.4) is 0 Å². The summed E-state index contributed by atoms with van der Waals surface area (Å²) < 4.78 is 0. The van der Waals surface area contributed by atoms with E-state index in [1.807, 2.05) is 48.7 Å². The Morgan fingerprint density at radius 2 is 1.92 bits per heavy atom. The molecule has 138 valence electrons. The van der Waals surface area contributed by atoms with E-state index in [9.17, 15) is 4.79 Å². The minimum atomic E-state index is -0.0278. The zero-order valence-corrected chi connectivity index (χ0v) is 17.0. The van der Waals surface area contributed by atoms with Crippen LogP contribution in [-0.4, -0.2) is 30.2 Å². The summed E-state index contributed by atoms with van der Waals surface area (Å²) >= 11 is 14.2. The van der Waals surface area contributed by atoms with Gasteiger partial charge in [-0.05, 0) is 49.9 Å². The highest BCUT2D eigenvalue weighted by atomic mass is 35.5. The van der Waals surface area contributed by atoms with Gasteiger partial charge in [-0.2, -0.15) is 0 Å².